The van der Waals surface area contributed by atoms with Gasteiger partial charge in [0, 0.05) is 5.56 Å². The normalized spacial score (nSPS) is 13.7. The molecule has 0 bridgehead atoms. The van der Waals surface area contributed by atoms with Crippen molar-refractivity contribution in [3.05, 3.63) is 77.4 Å². The van der Waals surface area contributed by atoms with Crippen LogP contribution < -0.4 is 0 Å². The second-order valence-electron chi connectivity index (χ2n) is 7.95. The van der Waals surface area contributed by atoms with Crippen molar-refractivity contribution in [1.29, 1.82) is 0 Å². The molecule has 0 amide bonds. The first-order valence-electron chi connectivity index (χ1n) is 10.3. The monoisotopic (exact) mass is 409 g/mol. The second kappa shape index (κ2) is 6.64. The Hall–Kier alpha value is -3.24. The summed E-state index contributed by atoms with van der Waals surface area (Å²) in [6.45, 7) is 0. The molecule has 4 heteroatoms. The minimum atomic E-state index is -0.939. The Kier molecular flexibility index (Phi) is 3.90. The highest BCUT2D eigenvalue weighted by Crippen LogP contribution is 2.39. The number of benzene rings is 4. The Bertz CT molecular complexity index is 1480. The molecule has 30 heavy (non-hydrogen) atoms. The SMILES string of the molecule is O=C(O)c1cccc2sc(-c3cccc4c3ccc3c5c(ccc34)CCCC5)nc12. The van der Waals surface area contributed by atoms with Crippen molar-refractivity contribution in [2.24, 2.45) is 0 Å². The summed E-state index contributed by atoms with van der Waals surface area (Å²) in [5.41, 5.74) is 4.89. The average molecular weight is 410 g/mol. The number of para-hydroxylation sites is 1. The van der Waals surface area contributed by atoms with E-state index < -0.39 is 5.97 Å². The van der Waals surface area contributed by atoms with E-state index in [0.717, 1.165) is 27.1 Å². The van der Waals surface area contributed by atoms with Crippen LogP contribution in [0.5, 0.6) is 0 Å². The van der Waals surface area contributed by atoms with Crippen LogP contribution in [0.3, 0.4) is 0 Å². The molecule has 1 aliphatic rings. The number of hydrogen-bond acceptors (Lipinski definition) is 3. The van der Waals surface area contributed by atoms with Crippen LogP contribution in [0.25, 0.3) is 42.3 Å². The summed E-state index contributed by atoms with van der Waals surface area (Å²) in [5, 5.41) is 15.4. The highest BCUT2D eigenvalue weighted by atomic mass is 32.1. The molecule has 1 aromatic heterocycles. The molecule has 0 spiro atoms. The summed E-state index contributed by atoms with van der Waals surface area (Å²) in [6.07, 6.45) is 4.89. The highest BCUT2D eigenvalue weighted by Gasteiger charge is 2.17. The van der Waals surface area contributed by atoms with Gasteiger partial charge < -0.3 is 5.11 Å². The van der Waals surface area contributed by atoms with Crippen LogP contribution in [-0.2, 0) is 12.8 Å². The molecule has 6 rings (SSSR count). The van der Waals surface area contributed by atoms with Crippen LogP contribution in [-0.4, -0.2) is 16.1 Å². The predicted octanol–water partition coefficient (Wildman–Crippen LogP) is 6.85. The smallest absolute Gasteiger partial charge is 0.337 e. The van der Waals surface area contributed by atoms with Crippen LogP contribution >= 0.6 is 11.3 Å². The van der Waals surface area contributed by atoms with E-state index in [9.17, 15) is 9.90 Å². The lowest BCUT2D eigenvalue weighted by atomic mass is 9.86. The summed E-state index contributed by atoms with van der Waals surface area (Å²) in [7, 11) is 0. The maximum atomic E-state index is 11.6. The fourth-order valence-corrected chi connectivity index (χ4v) is 5.88. The van der Waals surface area contributed by atoms with Crippen LogP contribution in [0.4, 0.5) is 0 Å². The number of rotatable bonds is 2. The first-order chi connectivity index (χ1) is 14.7. The Morgan fingerprint density at radius 3 is 2.50 bits per heavy atom. The third kappa shape index (κ3) is 2.57. The molecule has 1 aliphatic carbocycles. The number of aromatic carboxylic acids is 1. The molecular weight excluding hydrogens is 390 g/mol. The molecule has 0 aliphatic heterocycles. The lowest BCUT2D eigenvalue weighted by molar-refractivity contribution is 0.0699. The number of aromatic nitrogens is 1. The molecule has 0 fully saturated rings. The molecule has 0 unspecified atom stereocenters. The van der Waals surface area contributed by atoms with Crippen LogP contribution in [0, 0.1) is 0 Å². The first-order valence-corrected chi connectivity index (χ1v) is 11.1. The zero-order valence-corrected chi connectivity index (χ0v) is 17.1. The molecule has 4 aromatic carbocycles. The lowest BCUT2D eigenvalue weighted by Crippen LogP contribution is -2.03. The molecule has 0 atom stereocenters. The molecule has 3 nitrogen and oxygen atoms in total. The van der Waals surface area contributed by atoms with Gasteiger partial charge in [0.25, 0.3) is 0 Å². The Balaban J connectivity index is 1.61. The minimum absolute atomic E-state index is 0.257. The number of carboxylic acids is 1. The second-order valence-corrected chi connectivity index (χ2v) is 8.98. The van der Waals surface area contributed by atoms with E-state index in [1.54, 1.807) is 23.5 Å². The topological polar surface area (TPSA) is 50.2 Å². The van der Waals surface area contributed by atoms with Gasteiger partial charge in [0.05, 0.1) is 15.8 Å². The Morgan fingerprint density at radius 2 is 1.60 bits per heavy atom. The number of fused-ring (bicyclic) bond motifs is 6. The summed E-state index contributed by atoms with van der Waals surface area (Å²) in [6, 6.07) is 20.8. The van der Waals surface area contributed by atoms with Crippen LogP contribution in [0.15, 0.2) is 60.7 Å². The van der Waals surface area contributed by atoms with Crippen molar-refractivity contribution in [2.45, 2.75) is 25.7 Å². The van der Waals surface area contributed by atoms with E-state index in [2.05, 4.69) is 42.5 Å². The van der Waals surface area contributed by atoms with Gasteiger partial charge >= 0.3 is 5.97 Å². The highest BCUT2D eigenvalue weighted by molar-refractivity contribution is 7.21. The summed E-state index contributed by atoms with van der Waals surface area (Å²) in [5.74, 6) is -0.939. The zero-order chi connectivity index (χ0) is 20.2. The van der Waals surface area contributed by atoms with Crippen LogP contribution in [0.1, 0.15) is 34.3 Å². The van der Waals surface area contributed by atoms with Gasteiger partial charge in [-0.2, -0.15) is 0 Å². The molecule has 1 heterocycles. The number of nitrogens with zero attached hydrogens (tertiary/aromatic N) is 1. The predicted molar refractivity (Wildman–Crippen MR) is 124 cm³/mol. The van der Waals surface area contributed by atoms with Crippen molar-refractivity contribution >= 4 is 49.1 Å². The third-order valence-electron chi connectivity index (χ3n) is 6.27. The summed E-state index contributed by atoms with van der Waals surface area (Å²) >= 11 is 1.55. The van der Waals surface area contributed by atoms with Gasteiger partial charge in [-0.05, 0) is 70.5 Å². The van der Waals surface area contributed by atoms with Crippen molar-refractivity contribution in [3.63, 3.8) is 0 Å². The van der Waals surface area contributed by atoms with Crippen molar-refractivity contribution < 1.29 is 9.90 Å². The van der Waals surface area contributed by atoms with Crippen LogP contribution in [0.2, 0.25) is 0 Å². The quantitative estimate of drug-likeness (QED) is 0.325. The molecular formula is C26H19NO2S. The van der Waals surface area contributed by atoms with Gasteiger partial charge in [-0.25, -0.2) is 9.78 Å². The number of carbonyl (C=O) groups is 1. The van der Waals surface area contributed by atoms with Gasteiger partial charge in [0.2, 0.25) is 0 Å². The van der Waals surface area contributed by atoms with Gasteiger partial charge in [0.1, 0.15) is 5.01 Å². The third-order valence-corrected chi connectivity index (χ3v) is 7.32. The van der Waals surface area contributed by atoms with E-state index in [-0.39, 0.29) is 5.56 Å². The maximum Gasteiger partial charge on any atom is 0.337 e. The van der Waals surface area contributed by atoms with E-state index in [4.69, 9.17) is 4.98 Å². The van der Waals surface area contributed by atoms with Crippen molar-refractivity contribution in [3.8, 4) is 10.6 Å². The molecule has 0 saturated carbocycles. The number of thiazole rings is 1. The molecule has 0 radical (unpaired) electrons. The van der Waals surface area contributed by atoms with E-state index in [0.29, 0.717) is 5.52 Å². The van der Waals surface area contributed by atoms with Crippen molar-refractivity contribution in [2.75, 3.05) is 0 Å². The Morgan fingerprint density at radius 1 is 0.833 bits per heavy atom. The van der Waals surface area contributed by atoms with E-state index in [1.165, 1.54) is 46.5 Å². The number of carboxylic acid groups (broad SMARTS) is 1. The zero-order valence-electron chi connectivity index (χ0n) is 16.3. The van der Waals surface area contributed by atoms with Gasteiger partial charge in [-0.15, -0.1) is 11.3 Å². The first kappa shape index (κ1) is 17.6. The molecule has 146 valence electrons. The van der Waals surface area contributed by atoms with Gasteiger partial charge in [-0.1, -0.05) is 48.5 Å². The van der Waals surface area contributed by atoms with E-state index >= 15 is 0 Å². The number of hydrogen-bond donors (Lipinski definition) is 1. The molecule has 1 N–H and O–H groups in total. The standard InChI is InChI=1S/C26H19NO2S/c28-26(29)22-9-4-10-23-24(22)27-25(30-23)21-8-3-7-17-19-12-11-15-5-1-2-6-16(15)18(19)13-14-20(17)21/h3-4,7-14H,1-2,5-6H2,(H,28,29). The van der Waals surface area contributed by atoms with Gasteiger partial charge in [-0.3, -0.25) is 0 Å². The largest absolute Gasteiger partial charge is 0.478 e. The van der Waals surface area contributed by atoms with Crippen molar-refractivity contribution in [1.82, 2.24) is 4.98 Å². The summed E-state index contributed by atoms with van der Waals surface area (Å²) < 4.78 is 0.900. The summed E-state index contributed by atoms with van der Waals surface area (Å²) in [4.78, 5) is 16.3. The maximum absolute atomic E-state index is 11.6. The van der Waals surface area contributed by atoms with E-state index in [1.807, 2.05) is 6.07 Å². The Labute approximate surface area is 177 Å². The van der Waals surface area contributed by atoms with Gasteiger partial charge in [0.15, 0.2) is 0 Å². The number of aryl methyl sites for hydroxylation is 2. The molecule has 0 saturated heterocycles. The minimum Gasteiger partial charge on any atom is -0.478 e. The molecule has 5 aromatic rings. The average Bonchev–Trinajstić information content (AvgIpc) is 3.22. The fourth-order valence-electron chi connectivity index (χ4n) is 4.85. The lowest BCUT2D eigenvalue weighted by Gasteiger charge is -2.19. The fraction of sp³-hybridized carbons (Fsp3) is 0.154.